The summed E-state index contributed by atoms with van der Waals surface area (Å²) in [6, 6.07) is 0. The standard InChI is InChI=1S/C12H15ClN4O/c1-7(2)12-14-4-11(10(6-18)15-12)17-5-9(13)8(3)16-17/h4-5,7,18H,6H2,1-3H3. The largest absolute Gasteiger partial charge is 0.390 e. The summed E-state index contributed by atoms with van der Waals surface area (Å²) in [6.07, 6.45) is 3.35. The molecule has 0 radical (unpaired) electrons. The van der Waals surface area contributed by atoms with E-state index in [0.717, 1.165) is 5.69 Å². The lowest BCUT2D eigenvalue weighted by Crippen LogP contribution is -2.08. The summed E-state index contributed by atoms with van der Waals surface area (Å²) in [6.45, 7) is 5.67. The zero-order valence-corrected chi connectivity index (χ0v) is 11.3. The fraction of sp³-hybridized carbons (Fsp3) is 0.417. The monoisotopic (exact) mass is 266 g/mol. The third-order valence-electron chi connectivity index (χ3n) is 2.62. The Morgan fingerprint density at radius 2 is 2.17 bits per heavy atom. The number of aliphatic hydroxyl groups is 1. The van der Waals surface area contributed by atoms with Crippen LogP contribution in [0.2, 0.25) is 5.02 Å². The molecule has 0 atom stereocenters. The summed E-state index contributed by atoms with van der Waals surface area (Å²) in [7, 11) is 0. The maximum absolute atomic E-state index is 9.40. The van der Waals surface area contributed by atoms with E-state index in [9.17, 15) is 5.11 Å². The summed E-state index contributed by atoms with van der Waals surface area (Å²) < 4.78 is 1.59. The first-order chi connectivity index (χ1) is 8.52. The fourth-order valence-corrected chi connectivity index (χ4v) is 1.70. The number of hydrogen-bond acceptors (Lipinski definition) is 4. The quantitative estimate of drug-likeness (QED) is 0.925. The van der Waals surface area contributed by atoms with Gasteiger partial charge < -0.3 is 5.11 Å². The van der Waals surface area contributed by atoms with E-state index in [0.29, 0.717) is 22.2 Å². The first-order valence-corrected chi connectivity index (χ1v) is 6.09. The first kappa shape index (κ1) is 13.0. The van der Waals surface area contributed by atoms with Crippen LogP contribution in [0.4, 0.5) is 0 Å². The highest BCUT2D eigenvalue weighted by molar-refractivity contribution is 6.31. The van der Waals surface area contributed by atoms with Crippen molar-refractivity contribution in [2.45, 2.75) is 33.3 Å². The molecule has 18 heavy (non-hydrogen) atoms. The second kappa shape index (κ2) is 5.04. The molecular formula is C12H15ClN4O. The maximum Gasteiger partial charge on any atom is 0.131 e. The summed E-state index contributed by atoms with van der Waals surface area (Å²) in [5, 5.41) is 14.2. The Morgan fingerprint density at radius 3 is 2.67 bits per heavy atom. The minimum atomic E-state index is -0.159. The molecule has 96 valence electrons. The Labute approximate surface area is 110 Å². The second-order valence-corrected chi connectivity index (χ2v) is 4.79. The van der Waals surface area contributed by atoms with Crippen molar-refractivity contribution < 1.29 is 5.11 Å². The molecule has 0 saturated carbocycles. The normalized spacial score (nSPS) is 11.2. The molecule has 2 rings (SSSR count). The zero-order valence-electron chi connectivity index (χ0n) is 10.6. The van der Waals surface area contributed by atoms with Crippen LogP contribution in [0.1, 0.15) is 37.0 Å². The van der Waals surface area contributed by atoms with Gasteiger partial charge in [-0.15, -0.1) is 0 Å². The van der Waals surface area contributed by atoms with Crippen LogP contribution in [0.25, 0.3) is 5.69 Å². The Hall–Kier alpha value is -1.46. The number of aromatic nitrogens is 4. The van der Waals surface area contributed by atoms with Crippen LogP contribution >= 0.6 is 11.6 Å². The van der Waals surface area contributed by atoms with Crippen LogP contribution in [0.15, 0.2) is 12.4 Å². The molecule has 0 aliphatic heterocycles. The molecule has 0 spiro atoms. The van der Waals surface area contributed by atoms with Crippen LogP contribution in [0, 0.1) is 6.92 Å². The minimum Gasteiger partial charge on any atom is -0.390 e. The lowest BCUT2D eigenvalue weighted by molar-refractivity contribution is 0.275. The summed E-state index contributed by atoms with van der Waals surface area (Å²) in [5.41, 5.74) is 1.93. The van der Waals surface area contributed by atoms with Crippen LogP contribution in [0.5, 0.6) is 0 Å². The molecule has 0 amide bonds. The predicted octanol–water partition coefficient (Wildman–Crippen LogP) is 2.24. The number of aliphatic hydroxyl groups excluding tert-OH is 1. The number of halogens is 1. The summed E-state index contributed by atoms with van der Waals surface area (Å²) in [4.78, 5) is 8.62. The third-order valence-corrected chi connectivity index (χ3v) is 2.99. The molecule has 0 aromatic carbocycles. The van der Waals surface area contributed by atoms with Gasteiger partial charge in [0.1, 0.15) is 11.5 Å². The van der Waals surface area contributed by atoms with Gasteiger partial charge in [0.2, 0.25) is 0 Å². The molecule has 2 aromatic rings. The molecule has 5 nitrogen and oxygen atoms in total. The van der Waals surface area contributed by atoms with Crippen molar-refractivity contribution in [2.75, 3.05) is 0 Å². The lowest BCUT2D eigenvalue weighted by atomic mass is 10.2. The van der Waals surface area contributed by atoms with Gasteiger partial charge in [-0.25, -0.2) is 14.6 Å². The molecule has 0 unspecified atom stereocenters. The van der Waals surface area contributed by atoms with Gasteiger partial charge in [0, 0.05) is 12.1 Å². The topological polar surface area (TPSA) is 63.8 Å². The number of aryl methyl sites for hydroxylation is 1. The molecular weight excluding hydrogens is 252 g/mol. The van der Waals surface area contributed by atoms with E-state index in [1.807, 2.05) is 20.8 Å². The average Bonchev–Trinajstić information content (AvgIpc) is 2.68. The van der Waals surface area contributed by atoms with Crippen molar-refractivity contribution in [2.24, 2.45) is 0 Å². The predicted molar refractivity (Wildman–Crippen MR) is 68.9 cm³/mol. The molecule has 1 N–H and O–H groups in total. The second-order valence-electron chi connectivity index (χ2n) is 4.38. The van der Waals surface area contributed by atoms with Gasteiger partial charge in [0.15, 0.2) is 0 Å². The Kier molecular flexibility index (Phi) is 3.63. The highest BCUT2D eigenvalue weighted by Crippen LogP contribution is 2.19. The van der Waals surface area contributed by atoms with Gasteiger partial charge >= 0.3 is 0 Å². The van der Waals surface area contributed by atoms with E-state index in [4.69, 9.17) is 11.6 Å². The number of hydrogen-bond donors (Lipinski definition) is 1. The SMILES string of the molecule is Cc1nn(-c2cnc(C(C)C)nc2CO)cc1Cl. The van der Waals surface area contributed by atoms with Crippen molar-refractivity contribution in [1.29, 1.82) is 0 Å². The van der Waals surface area contributed by atoms with Gasteiger partial charge in [0.25, 0.3) is 0 Å². The fourth-order valence-electron chi connectivity index (χ4n) is 1.57. The number of nitrogens with zero attached hydrogens (tertiary/aromatic N) is 4. The molecule has 0 saturated heterocycles. The van der Waals surface area contributed by atoms with E-state index in [1.165, 1.54) is 0 Å². The zero-order chi connectivity index (χ0) is 13.3. The van der Waals surface area contributed by atoms with Gasteiger partial charge in [-0.3, -0.25) is 0 Å². The molecule has 6 heteroatoms. The molecule has 0 fully saturated rings. The van der Waals surface area contributed by atoms with E-state index < -0.39 is 0 Å². The van der Waals surface area contributed by atoms with E-state index in [2.05, 4.69) is 15.1 Å². The highest BCUT2D eigenvalue weighted by Gasteiger charge is 2.12. The highest BCUT2D eigenvalue weighted by atomic mass is 35.5. The van der Waals surface area contributed by atoms with Crippen molar-refractivity contribution in [3.8, 4) is 5.69 Å². The van der Waals surface area contributed by atoms with Gasteiger partial charge in [0.05, 0.1) is 29.2 Å². The van der Waals surface area contributed by atoms with E-state index >= 15 is 0 Å². The van der Waals surface area contributed by atoms with Crippen LogP contribution < -0.4 is 0 Å². The van der Waals surface area contributed by atoms with Gasteiger partial charge in [-0.05, 0) is 6.92 Å². The van der Waals surface area contributed by atoms with E-state index in [1.54, 1.807) is 17.1 Å². The van der Waals surface area contributed by atoms with Gasteiger partial charge in [-0.1, -0.05) is 25.4 Å². The summed E-state index contributed by atoms with van der Waals surface area (Å²) >= 11 is 5.97. The van der Waals surface area contributed by atoms with Crippen molar-refractivity contribution >= 4 is 11.6 Å². The Morgan fingerprint density at radius 1 is 1.44 bits per heavy atom. The van der Waals surface area contributed by atoms with E-state index in [-0.39, 0.29) is 12.5 Å². The van der Waals surface area contributed by atoms with Gasteiger partial charge in [-0.2, -0.15) is 5.10 Å². The minimum absolute atomic E-state index is 0.159. The molecule has 0 bridgehead atoms. The first-order valence-electron chi connectivity index (χ1n) is 5.71. The van der Waals surface area contributed by atoms with Crippen LogP contribution in [-0.2, 0) is 6.61 Å². The maximum atomic E-state index is 9.40. The van der Waals surface area contributed by atoms with Crippen molar-refractivity contribution in [3.05, 3.63) is 34.6 Å². The molecule has 0 aliphatic carbocycles. The Balaban J connectivity index is 2.50. The van der Waals surface area contributed by atoms with Crippen molar-refractivity contribution in [3.63, 3.8) is 0 Å². The molecule has 0 aliphatic rings. The average molecular weight is 267 g/mol. The Bertz CT molecular complexity index is 546. The van der Waals surface area contributed by atoms with Crippen LogP contribution in [0.3, 0.4) is 0 Å². The lowest BCUT2D eigenvalue weighted by Gasteiger charge is -2.09. The third kappa shape index (κ3) is 2.37. The smallest absolute Gasteiger partial charge is 0.131 e. The van der Waals surface area contributed by atoms with Crippen molar-refractivity contribution in [1.82, 2.24) is 19.7 Å². The molecule has 2 heterocycles. The molecule has 2 aromatic heterocycles. The summed E-state index contributed by atoms with van der Waals surface area (Å²) in [5.74, 6) is 0.921. The van der Waals surface area contributed by atoms with Crippen LogP contribution in [-0.4, -0.2) is 24.9 Å². The number of rotatable bonds is 3.